The van der Waals surface area contributed by atoms with Crippen LogP contribution < -0.4 is 10.1 Å². The Labute approximate surface area is 131 Å². The molecule has 2 rings (SSSR count). The quantitative estimate of drug-likeness (QED) is 0.904. The second kappa shape index (κ2) is 6.20. The van der Waals surface area contributed by atoms with Crippen LogP contribution in [0.3, 0.4) is 0 Å². The van der Waals surface area contributed by atoms with Crippen molar-refractivity contribution in [1.29, 1.82) is 0 Å². The number of hydrogen-bond acceptors (Lipinski definition) is 5. The van der Waals surface area contributed by atoms with Crippen LogP contribution in [-0.4, -0.2) is 22.8 Å². The first kappa shape index (κ1) is 15.4. The average molecular weight is 356 g/mol. The highest BCUT2D eigenvalue weighted by molar-refractivity contribution is 9.10. The summed E-state index contributed by atoms with van der Waals surface area (Å²) in [6.07, 6.45) is 0. The van der Waals surface area contributed by atoms with Crippen molar-refractivity contribution in [3.8, 4) is 16.3 Å². The number of ether oxygens (including phenoxy) is 1. The minimum atomic E-state index is 0.0718. The molecule has 0 unspecified atom stereocenters. The van der Waals surface area contributed by atoms with E-state index in [1.54, 1.807) is 18.4 Å². The van der Waals surface area contributed by atoms with E-state index in [0.717, 1.165) is 32.3 Å². The maximum atomic E-state index is 5.25. The molecule has 0 radical (unpaired) electrons. The molecular formula is C14H18BrN3OS. The predicted octanol–water partition coefficient (Wildman–Crippen LogP) is 3.86. The summed E-state index contributed by atoms with van der Waals surface area (Å²) in [4.78, 5) is 0. The summed E-state index contributed by atoms with van der Waals surface area (Å²) in [7, 11) is 1.66. The lowest BCUT2D eigenvalue weighted by Gasteiger charge is -2.19. The zero-order valence-corrected chi connectivity index (χ0v) is 14.4. The Hall–Kier alpha value is -0.980. The molecule has 4 nitrogen and oxygen atoms in total. The lowest BCUT2D eigenvalue weighted by molar-refractivity contribution is 0.415. The van der Waals surface area contributed by atoms with E-state index in [-0.39, 0.29) is 5.54 Å². The fraction of sp³-hybridized carbons (Fsp3) is 0.429. The minimum Gasteiger partial charge on any atom is -0.497 e. The molecule has 1 heterocycles. The van der Waals surface area contributed by atoms with E-state index < -0.39 is 0 Å². The molecule has 1 N–H and O–H groups in total. The highest BCUT2D eigenvalue weighted by atomic mass is 79.9. The maximum Gasteiger partial charge on any atom is 0.149 e. The molecule has 108 valence electrons. The first-order chi connectivity index (χ1) is 9.39. The fourth-order valence-corrected chi connectivity index (χ4v) is 2.95. The van der Waals surface area contributed by atoms with Crippen LogP contribution in [0, 0.1) is 0 Å². The molecule has 0 atom stereocenters. The average Bonchev–Trinajstić information content (AvgIpc) is 2.85. The van der Waals surface area contributed by atoms with Gasteiger partial charge in [0.1, 0.15) is 15.8 Å². The second-order valence-corrected chi connectivity index (χ2v) is 7.37. The van der Waals surface area contributed by atoms with Crippen LogP contribution in [0.15, 0.2) is 22.7 Å². The van der Waals surface area contributed by atoms with Crippen LogP contribution >= 0.6 is 27.3 Å². The van der Waals surface area contributed by atoms with Gasteiger partial charge in [-0.05, 0) is 39.0 Å². The summed E-state index contributed by atoms with van der Waals surface area (Å²) in [5, 5.41) is 13.8. The topological polar surface area (TPSA) is 47.0 Å². The highest BCUT2D eigenvalue weighted by Crippen LogP contribution is 2.33. The second-order valence-electron chi connectivity index (χ2n) is 5.45. The fourth-order valence-electron chi connectivity index (χ4n) is 1.57. The van der Waals surface area contributed by atoms with Crippen LogP contribution in [0.4, 0.5) is 0 Å². The van der Waals surface area contributed by atoms with Gasteiger partial charge in [-0.3, -0.25) is 0 Å². The molecule has 0 bridgehead atoms. The molecule has 0 saturated heterocycles. The van der Waals surface area contributed by atoms with Crippen LogP contribution in [0.1, 0.15) is 25.8 Å². The molecule has 1 aromatic heterocycles. The van der Waals surface area contributed by atoms with Crippen molar-refractivity contribution in [2.75, 3.05) is 7.11 Å². The van der Waals surface area contributed by atoms with Crippen molar-refractivity contribution in [3.63, 3.8) is 0 Å². The zero-order chi connectivity index (χ0) is 14.8. The molecule has 0 fully saturated rings. The smallest absolute Gasteiger partial charge is 0.149 e. The van der Waals surface area contributed by atoms with Gasteiger partial charge in [0.15, 0.2) is 0 Å². The first-order valence-electron chi connectivity index (χ1n) is 6.30. The lowest BCUT2D eigenvalue weighted by atomic mass is 10.1. The Bertz CT molecular complexity index is 592. The molecule has 0 amide bonds. The number of benzene rings is 1. The molecule has 0 aliphatic carbocycles. The summed E-state index contributed by atoms with van der Waals surface area (Å²) in [5.41, 5.74) is 1.08. The number of nitrogens with zero attached hydrogens (tertiary/aromatic N) is 2. The van der Waals surface area contributed by atoms with E-state index in [1.165, 1.54) is 0 Å². The van der Waals surface area contributed by atoms with Gasteiger partial charge in [0.25, 0.3) is 0 Å². The molecule has 1 aromatic carbocycles. The maximum absolute atomic E-state index is 5.25. The van der Waals surface area contributed by atoms with Gasteiger partial charge in [0, 0.05) is 15.6 Å². The lowest BCUT2D eigenvalue weighted by Crippen LogP contribution is -2.35. The van der Waals surface area contributed by atoms with E-state index >= 15 is 0 Å². The van der Waals surface area contributed by atoms with Gasteiger partial charge in [-0.25, -0.2) is 0 Å². The molecule has 6 heteroatoms. The van der Waals surface area contributed by atoms with E-state index in [4.69, 9.17) is 4.74 Å². The van der Waals surface area contributed by atoms with Gasteiger partial charge in [0.05, 0.1) is 13.7 Å². The molecular weight excluding hydrogens is 338 g/mol. The van der Waals surface area contributed by atoms with Crippen molar-refractivity contribution in [3.05, 3.63) is 27.7 Å². The number of methoxy groups -OCH3 is 1. The molecule has 0 spiro atoms. The minimum absolute atomic E-state index is 0.0718. The largest absolute Gasteiger partial charge is 0.497 e. The van der Waals surface area contributed by atoms with Gasteiger partial charge in [-0.15, -0.1) is 10.2 Å². The summed E-state index contributed by atoms with van der Waals surface area (Å²) in [6, 6.07) is 5.84. The van der Waals surface area contributed by atoms with Gasteiger partial charge in [-0.1, -0.05) is 27.3 Å². The Morgan fingerprint density at radius 1 is 1.30 bits per heavy atom. The van der Waals surface area contributed by atoms with Crippen molar-refractivity contribution >= 4 is 27.3 Å². The van der Waals surface area contributed by atoms with E-state index in [0.29, 0.717) is 0 Å². The predicted molar refractivity (Wildman–Crippen MR) is 86.2 cm³/mol. The molecule has 0 aliphatic rings. The van der Waals surface area contributed by atoms with Crippen molar-refractivity contribution in [2.45, 2.75) is 32.9 Å². The van der Waals surface area contributed by atoms with E-state index in [9.17, 15) is 0 Å². The summed E-state index contributed by atoms with van der Waals surface area (Å²) < 4.78 is 6.24. The first-order valence-corrected chi connectivity index (χ1v) is 7.91. The van der Waals surface area contributed by atoms with Crippen LogP contribution in [0.5, 0.6) is 5.75 Å². The third-order valence-electron chi connectivity index (χ3n) is 2.64. The summed E-state index contributed by atoms with van der Waals surface area (Å²) in [5.74, 6) is 0.813. The van der Waals surface area contributed by atoms with Crippen molar-refractivity contribution < 1.29 is 4.74 Å². The van der Waals surface area contributed by atoms with Gasteiger partial charge in [-0.2, -0.15) is 0 Å². The summed E-state index contributed by atoms with van der Waals surface area (Å²) in [6.45, 7) is 7.12. The van der Waals surface area contributed by atoms with Crippen molar-refractivity contribution in [2.24, 2.45) is 0 Å². The molecule has 20 heavy (non-hydrogen) atoms. The van der Waals surface area contributed by atoms with Crippen molar-refractivity contribution in [1.82, 2.24) is 15.5 Å². The Morgan fingerprint density at radius 3 is 2.70 bits per heavy atom. The number of hydrogen-bond donors (Lipinski definition) is 1. The Morgan fingerprint density at radius 2 is 2.05 bits per heavy atom. The van der Waals surface area contributed by atoms with Crippen LogP contribution in [0.2, 0.25) is 0 Å². The SMILES string of the molecule is COc1ccc(Br)c(-c2nnc(CNC(C)(C)C)s2)c1. The summed E-state index contributed by atoms with van der Waals surface area (Å²) >= 11 is 5.13. The molecule has 0 aliphatic heterocycles. The third-order valence-corrected chi connectivity index (χ3v) is 4.29. The van der Waals surface area contributed by atoms with Gasteiger partial charge >= 0.3 is 0 Å². The number of rotatable bonds is 4. The third kappa shape index (κ3) is 4.01. The van der Waals surface area contributed by atoms with Gasteiger partial charge < -0.3 is 10.1 Å². The Kier molecular flexibility index (Phi) is 4.78. The van der Waals surface area contributed by atoms with E-state index in [1.807, 2.05) is 18.2 Å². The highest BCUT2D eigenvalue weighted by Gasteiger charge is 2.13. The zero-order valence-electron chi connectivity index (χ0n) is 12.0. The Balaban J connectivity index is 2.20. The standard InChI is InChI=1S/C14H18BrN3OS/c1-14(2,3)16-8-12-17-18-13(20-12)10-7-9(19-4)5-6-11(10)15/h5-7,16H,8H2,1-4H3. The number of nitrogens with one attached hydrogen (secondary N) is 1. The van der Waals surface area contributed by atoms with Crippen LogP contribution in [-0.2, 0) is 6.54 Å². The monoisotopic (exact) mass is 355 g/mol. The number of halogens is 1. The van der Waals surface area contributed by atoms with Crippen LogP contribution in [0.25, 0.3) is 10.6 Å². The van der Waals surface area contributed by atoms with E-state index in [2.05, 4.69) is 52.2 Å². The molecule has 2 aromatic rings. The normalized spacial score (nSPS) is 11.7. The number of aromatic nitrogens is 2. The molecule has 0 saturated carbocycles. The van der Waals surface area contributed by atoms with Gasteiger partial charge in [0.2, 0.25) is 0 Å².